The number of thiazole rings is 1. The minimum Gasteiger partial charge on any atom is -0.354 e. The number of anilines is 2. The van der Waals surface area contributed by atoms with Gasteiger partial charge in [0.2, 0.25) is 5.91 Å². The average Bonchev–Trinajstić information content (AvgIpc) is 3.42. The van der Waals surface area contributed by atoms with Crippen LogP contribution in [0.4, 0.5) is 21.6 Å². The van der Waals surface area contributed by atoms with Crippen molar-refractivity contribution in [2.45, 2.75) is 6.92 Å². The summed E-state index contributed by atoms with van der Waals surface area (Å²) in [6.45, 7) is 1.44. The van der Waals surface area contributed by atoms with Gasteiger partial charge in [-0.25, -0.2) is 15.0 Å². The lowest BCUT2D eigenvalue weighted by atomic mass is 10.1. The molecular weight excluding hydrogens is 440 g/mol. The Morgan fingerprint density at radius 3 is 2.64 bits per heavy atom. The number of azo groups is 1. The van der Waals surface area contributed by atoms with Gasteiger partial charge in [0.05, 0.1) is 11.9 Å². The van der Waals surface area contributed by atoms with E-state index < -0.39 is 0 Å². The minimum absolute atomic E-state index is 0.195. The maximum Gasteiger partial charge on any atom is 0.252 e. The monoisotopic (exact) mass is 458 g/mol. The summed E-state index contributed by atoms with van der Waals surface area (Å²) in [5, 5.41) is 26.4. The molecule has 0 radical (unpaired) electrons. The summed E-state index contributed by atoms with van der Waals surface area (Å²) < 4.78 is 1.35. The molecule has 12 heteroatoms. The Morgan fingerprint density at radius 1 is 1.18 bits per heavy atom. The topological polar surface area (TPSA) is 137 Å². The molecule has 164 valence electrons. The van der Waals surface area contributed by atoms with Crippen LogP contribution >= 0.6 is 11.3 Å². The summed E-state index contributed by atoms with van der Waals surface area (Å²) in [5.41, 5.74) is 2.09. The van der Waals surface area contributed by atoms with E-state index in [1.165, 1.54) is 29.1 Å². The third-order valence-corrected chi connectivity index (χ3v) is 5.42. The second kappa shape index (κ2) is 9.33. The molecule has 4 rings (SSSR count). The van der Waals surface area contributed by atoms with Gasteiger partial charge >= 0.3 is 0 Å². The minimum atomic E-state index is -0.195. The summed E-state index contributed by atoms with van der Waals surface area (Å²) >= 11 is 1.32. The van der Waals surface area contributed by atoms with E-state index in [0.717, 1.165) is 0 Å². The molecule has 33 heavy (non-hydrogen) atoms. The molecule has 0 unspecified atom stereocenters. The lowest BCUT2D eigenvalue weighted by Crippen LogP contribution is -2.08. The number of amides is 1. The van der Waals surface area contributed by atoms with Crippen LogP contribution in [0.2, 0.25) is 0 Å². The predicted molar refractivity (Wildman–Crippen MR) is 124 cm³/mol. The number of nitrogens with zero attached hydrogens (tertiary/aromatic N) is 9. The second-order valence-electron chi connectivity index (χ2n) is 6.93. The van der Waals surface area contributed by atoms with E-state index in [0.29, 0.717) is 27.1 Å². The van der Waals surface area contributed by atoms with Crippen molar-refractivity contribution in [3.8, 4) is 23.3 Å². The predicted octanol–water partition coefficient (Wildman–Crippen LogP) is 4.10. The van der Waals surface area contributed by atoms with Crippen molar-refractivity contribution in [1.29, 1.82) is 5.26 Å². The first-order chi connectivity index (χ1) is 16.0. The molecule has 0 saturated heterocycles. The Labute approximate surface area is 193 Å². The van der Waals surface area contributed by atoms with Gasteiger partial charge < -0.3 is 10.2 Å². The van der Waals surface area contributed by atoms with Crippen molar-refractivity contribution in [1.82, 2.24) is 24.7 Å². The van der Waals surface area contributed by atoms with Gasteiger partial charge in [-0.3, -0.25) is 4.79 Å². The number of rotatable bonds is 6. The molecule has 1 amide bonds. The Hall–Kier alpha value is -4.50. The molecule has 4 aromatic rings. The van der Waals surface area contributed by atoms with Gasteiger partial charge in [-0.15, -0.1) is 10.2 Å². The highest BCUT2D eigenvalue weighted by molar-refractivity contribution is 7.19. The van der Waals surface area contributed by atoms with E-state index in [-0.39, 0.29) is 23.2 Å². The zero-order chi connectivity index (χ0) is 23.4. The maximum atomic E-state index is 11.7. The quantitative estimate of drug-likeness (QED) is 0.429. The number of aromatic nitrogens is 5. The van der Waals surface area contributed by atoms with Crippen molar-refractivity contribution < 1.29 is 4.79 Å². The average molecular weight is 459 g/mol. The van der Waals surface area contributed by atoms with E-state index in [1.807, 2.05) is 37.2 Å². The van der Waals surface area contributed by atoms with Gasteiger partial charge in [0.1, 0.15) is 17.3 Å². The maximum absolute atomic E-state index is 11.7. The fourth-order valence-electron chi connectivity index (χ4n) is 2.88. The zero-order valence-corrected chi connectivity index (χ0v) is 18.8. The van der Waals surface area contributed by atoms with Crippen LogP contribution in [0.25, 0.3) is 17.2 Å². The summed E-state index contributed by atoms with van der Waals surface area (Å²) in [6.07, 6.45) is 4.52. The van der Waals surface area contributed by atoms with Gasteiger partial charge in [-0.1, -0.05) is 29.5 Å². The molecule has 0 fully saturated rings. The van der Waals surface area contributed by atoms with Crippen LogP contribution in [-0.4, -0.2) is 44.7 Å². The van der Waals surface area contributed by atoms with E-state index >= 15 is 0 Å². The van der Waals surface area contributed by atoms with E-state index in [1.54, 1.807) is 24.5 Å². The van der Waals surface area contributed by atoms with Crippen molar-refractivity contribution in [3.05, 3.63) is 54.5 Å². The summed E-state index contributed by atoms with van der Waals surface area (Å²) in [6, 6.07) is 11.1. The lowest BCUT2D eigenvalue weighted by Gasteiger charge is -2.08. The molecule has 0 bridgehead atoms. The number of hydrogen-bond donors (Lipinski definition) is 1. The smallest absolute Gasteiger partial charge is 0.252 e. The summed E-state index contributed by atoms with van der Waals surface area (Å²) in [4.78, 5) is 26.6. The van der Waals surface area contributed by atoms with Crippen LogP contribution in [0.1, 0.15) is 12.5 Å². The standard InChI is InChI=1S/C21H18N10OS/c1-13(32)26-16-8-5-4-7-15(16)17-19(33-21(27-17)30(2)3)29-28-18-14(11-22)12-25-31(18)20-23-9-6-10-24-20/h4-10,12H,1-3H3,(H,26,32). The molecule has 0 spiro atoms. The van der Waals surface area contributed by atoms with Crippen LogP contribution in [0, 0.1) is 11.3 Å². The molecule has 3 heterocycles. The van der Waals surface area contributed by atoms with E-state index in [4.69, 9.17) is 4.98 Å². The fraction of sp³-hybridized carbons (Fsp3) is 0.143. The van der Waals surface area contributed by atoms with Crippen molar-refractivity contribution in [2.75, 3.05) is 24.3 Å². The molecule has 3 aromatic heterocycles. The summed E-state index contributed by atoms with van der Waals surface area (Å²) in [5.74, 6) is 0.270. The molecule has 11 nitrogen and oxygen atoms in total. The zero-order valence-electron chi connectivity index (χ0n) is 18.0. The second-order valence-corrected chi connectivity index (χ2v) is 7.88. The molecule has 0 aliphatic rings. The SMILES string of the molecule is CC(=O)Nc1ccccc1-c1nc(N(C)C)sc1N=Nc1c(C#N)cnn1-c1ncccn1. The highest BCUT2D eigenvalue weighted by Gasteiger charge is 2.19. The van der Waals surface area contributed by atoms with Gasteiger partial charge in [-0.2, -0.15) is 15.0 Å². The molecule has 0 saturated carbocycles. The molecular formula is C21H18N10OS. The van der Waals surface area contributed by atoms with Crippen LogP contribution in [0.15, 0.2) is 59.2 Å². The van der Waals surface area contributed by atoms with E-state index in [2.05, 4.69) is 36.7 Å². The Kier molecular flexibility index (Phi) is 6.14. The Balaban J connectivity index is 1.82. The number of para-hydroxylation sites is 1. The van der Waals surface area contributed by atoms with Crippen LogP contribution in [-0.2, 0) is 4.79 Å². The molecule has 1 aromatic carbocycles. The number of nitrogens with one attached hydrogen (secondary N) is 1. The lowest BCUT2D eigenvalue weighted by molar-refractivity contribution is -0.114. The molecule has 0 atom stereocenters. The van der Waals surface area contributed by atoms with Crippen molar-refractivity contribution >= 4 is 38.9 Å². The summed E-state index contributed by atoms with van der Waals surface area (Å²) in [7, 11) is 3.75. The largest absolute Gasteiger partial charge is 0.354 e. The number of carbonyl (C=O) groups excluding carboxylic acids is 1. The number of nitriles is 1. The highest BCUT2D eigenvalue weighted by Crippen LogP contribution is 2.42. The number of benzene rings is 1. The first kappa shape index (κ1) is 21.7. The van der Waals surface area contributed by atoms with Crippen LogP contribution < -0.4 is 10.2 Å². The third kappa shape index (κ3) is 4.58. The highest BCUT2D eigenvalue weighted by atomic mass is 32.1. The molecule has 0 aliphatic heterocycles. The fourth-order valence-corrected chi connectivity index (χ4v) is 3.71. The first-order valence-corrected chi connectivity index (χ1v) is 10.5. The third-order valence-electron chi connectivity index (χ3n) is 4.31. The van der Waals surface area contributed by atoms with Gasteiger partial charge in [0, 0.05) is 39.0 Å². The Morgan fingerprint density at radius 2 is 1.94 bits per heavy atom. The van der Waals surface area contributed by atoms with Crippen LogP contribution in [0.5, 0.6) is 0 Å². The van der Waals surface area contributed by atoms with E-state index in [9.17, 15) is 10.1 Å². The number of hydrogen-bond acceptors (Lipinski definition) is 10. The normalized spacial score (nSPS) is 10.8. The van der Waals surface area contributed by atoms with Crippen molar-refractivity contribution in [2.24, 2.45) is 10.2 Å². The van der Waals surface area contributed by atoms with Gasteiger partial charge in [0.25, 0.3) is 5.95 Å². The van der Waals surface area contributed by atoms with Crippen LogP contribution in [0.3, 0.4) is 0 Å². The first-order valence-electron chi connectivity index (χ1n) is 9.70. The van der Waals surface area contributed by atoms with Crippen molar-refractivity contribution in [3.63, 3.8) is 0 Å². The van der Waals surface area contributed by atoms with Gasteiger partial charge in [0.15, 0.2) is 16.0 Å². The Bertz CT molecular complexity index is 1370. The van der Waals surface area contributed by atoms with Gasteiger partial charge in [-0.05, 0) is 12.1 Å². The molecule has 1 N–H and O–H groups in total. The number of carbonyl (C=O) groups is 1. The molecule has 0 aliphatic carbocycles.